The molecule has 5 heteroatoms. The summed E-state index contributed by atoms with van der Waals surface area (Å²) in [5.74, 6) is 0. The van der Waals surface area contributed by atoms with Crippen LogP contribution in [0.3, 0.4) is 0 Å². The van der Waals surface area contributed by atoms with Gasteiger partial charge in [-0.3, -0.25) is 4.21 Å². The van der Waals surface area contributed by atoms with Crippen LogP contribution in [0.2, 0.25) is 10.0 Å². The third-order valence-electron chi connectivity index (χ3n) is 3.30. The number of nitrogens with one attached hydrogen (secondary N) is 1. The highest BCUT2D eigenvalue weighted by Gasteiger charge is 2.32. The Bertz CT molecular complexity index is 453. The predicted molar refractivity (Wildman–Crippen MR) is 78.0 cm³/mol. The van der Waals surface area contributed by atoms with Crippen LogP contribution in [0, 0.1) is 0 Å². The molecule has 0 spiro atoms. The molecule has 100 valence electrons. The molecule has 1 aromatic carbocycles. The first-order valence-corrected chi connectivity index (χ1v) is 8.19. The molecule has 0 aromatic heterocycles. The molecule has 0 aliphatic heterocycles. The SMILES string of the molecule is CCNC1CCCC1S(=O)c1cc(Cl)ccc1Cl. The van der Waals surface area contributed by atoms with Crippen LogP contribution in [0.15, 0.2) is 23.1 Å². The lowest BCUT2D eigenvalue weighted by Gasteiger charge is -2.20. The van der Waals surface area contributed by atoms with Crippen molar-refractivity contribution < 1.29 is 4.21 Å². The zero-order valence-electron chi connectivity index (χ0n) is 10.3. The maximum absolute atomic E-state index is 12.6. The topological polar surface area (TPSA) is 29.1 Å². The van der Waals surface area contributed by atoms with Gasteiger partial charge in [-0.05, 0) is 37.6 Å². The minimum absolute atomic E-state index is 0.140. The molecule has 1 saturated carbocycles. The second-order valence-corrected chi connectivity index (χ2v) is 6.99. The van der Waals surface area contributed by atoms with Crippen molar-refractivity contribution in [2.45, 2.75) is 42.4 Å². The Hall–Kier alpha value is -0.0900. The summed E-state index contributed by atoms with van der Waals surface area (Å²) in [5.41, 5.74) is 0. The van der Waals surface area contributed by atoms with Crippen LogP contribution in [-0.4, -0.2) is 22.0 Å². The highest BCUT2D eigenvalue weighted by Crippen LogP contribution is 2.31. The molecular formula is C13H17Cl2NOS. The van der Waals surface area contributed by atoms with Gasteiger partial charge in [-0.1, -0.05) is 36.5 Å². The molecule has 1 aromatic rings. The normalized spacial score (nSPS) is 25.3. The second kappa shape index (κ2) is 6.38. The lowest BCUT2D eigenvalue weighted by atomic mass is 10.2. The van der Waals surface area contributed by atoms with Gasteiger partial charge >= 0.3 is 0 Å². The van der Waals surface area contributed by atoms with Gasteiger partial charge in [-0.15, -0.1) is 0 Å². The van der Waals surface area contributed by atoms with Gasteiger partial charge in [0.2, 0.25) is 0 Å². The van der Waals surface area contributed by atoms with Crippen LogP contribution in [0.25, 0.3) is 0 Å². The number of hydrogen-bond acceptors (Lipinski definition) is 2. The lowest BCUT2D eigenvalue weighted by molar-refractivity contribution is 0.541. The van der Waals surface area contributed by atoms with Crippen molar-refractivity contribution in [2.24, 2.45) is 0 Å². The smallest absolute Gasteiger partial charge is 0.0592 e. The maximum Gasteiger partial charge on any atom is 0.0592 e. The molecule has 1 aliphatic rings. The molecule has 0 saturated heterocycles. The summed E-state index contributed by atoms with van der Waals surface area (Å²) in [7, 11) is -1.09. The third kappa shape index (κ3) is 3.08. The largest absolute Gasteiger partial charge is 0.313 e. The van der Waals surface area contributed by atoms with Gasteiger partial charge in [0, 0.05) is 11.1 Å². The number of hydrogen-bond donors (Lipinski definition) is 1. The van der Waals surface area contributed by atoms with Crippen molar-refractivity contribution in [1.82, 2.24) is 5.32 Å². The maximum atomic E-state index is 12.6. The lowest BCUT2D eigenvalue weighted by Crippen LogP contribution is -2.38. The quantitative estimate of drug-likeness (QED) is 0.920. The van der Waals surface area contributed by atoms with Crippen LogP contribution >= 0.6 is 23.2 Å². The van der Waals surface area contributed by atoms with E-state index in [4.69, 9.17) is 23.2 Å². The Balaban J connectivity index is 2.22. The van der Waals surface area contributed by atoms with Gasteiger partial charge in [0.05, 0.1) is 26.0 Å². The first kappa shape index (κ1) is 14.3. The van der Waals surface area contributed by atoms with E-state index in [2.05, 4.69) is 12.2 Å². The van der Waals surface area contributed by atoms with Crippen molar-refractivity contribution in [2.75, 3.05) is 6.54 Å². The standard InChI is InChI=1S/C13H17Cl2NOS/c1-2-16-11-4-3-5-12(11)18(17)13-8-9(14)6-7-10(13)15/h6-8,11-12,16H,2-5H2,1H3. The molecule has 3 unspecified atom stereocenters. The van der Waals surface area contributed by atoms with Gasteiger partial charge in [0.25, 0.3) is 0 Å². The zero-order chi connectivity index (χ0) is 13.1. The van der Waals surface area contributed by atoms with Gasteiger partial charge < -0.3 is 5.32 Å². The van der Waals surface area contributed by atoms with E-state index in [1.165, 1.54) is 0 Å². The van der Waals surface area contributed by atoms with Gasteiger partial charge in [0.15, 0.2) is 0 Å². The molecule has 1 fully saturated rings. The summed E-state index contributed by atoms with van der Waals surface area (Å²) in [6.45, 7) is 2.98. The predicted octanol–water partition coefficient (Wildman–Crippen LogP) is 3.63. The van der Waals surface area contributed by atoms with Crippen molar-refractivity contribution in [1.29, 1.82) is 0 Å². The van der Waals surface area contributed by atoms with Gasteiger partial charge in [-0.25, -0.2) is 0 Å². The van der Waals surface area contributed by atoms with Gasteiger partial charge in [-0.2, -0.15) is 0 Å². The Morgan fingerprint density at radius 3 is 2.89 bits per heavy atom. The van der Waals surface area contributed by atoms with Crippen LogP contribution in [-0.2, 0) is 10.8 Å². The Morgan fingerprint density at radius 2 is 2.17 bits per heavy atom. The summed E-state index contributed by atoms with van der Waals surface area (Å²) >= 11 is 12.1. The zero-order valence-corrected chi connectivity index (χ0v) is 12.6. The van der Waals surface area contributed by atoms with Crippen LogP contribution in [0.5, 0.6) is 0 Å². The molecule has 0 bridgehead atoms. The van der Waals surface area contributed by atoms with E-state index in [1.54, 1.807) is 18.2 Å². The van der Waals surface area contributed by atoms with Crippen molar-refractivity contribution in [3.05, 3.63) is 28.2 Å². The summed E-state index contributed by atoms with van der Waals surface area (Å²) in [6.07, 6.45) is 3.18. The van der Waals surface area contributed by atoms with Crippen molar-refractivity contribution >= 4 is 34.0 Å². The van der Waals surface area contributed by atoms with Crippen molar-refractivity contribution in [3.63, 3.8) is 0 Å². The monoisotopic (exact) mass is 305 g/mol. The first-order valence-electron chi connectivity index (χ1n) is 6.22. The number of rotatable bonds is 4. The third-order valence-corrected chi connectivity index (χ3v) is 5.87. The fourth-order valence-electron chi connectivity index (χ4n) is 2.47. The van der Waals surface area contributed by atoms with E-state index in [9.17, 15) is 4.21 Å². The van der Waals surface area contributed by atoms with Crippen LogP contribution in [0.1, 0.15) is 26.2 Å². The van der Waals surface area contributed by atoms with Crippen LogP contribution in [0.4, 0.5) is 0 Å². The minimum atomic E-state index is -1.09. The number of benzene rings is 1. The summed E-state index contributed by atoms with van der Waals surface area (Å²) in [4.78, 5) is 0.666. The molecule has 1 aliphatic carbocycles. The minimum Gasteiger partial charge on any atom is -0.313 e. The average Bonchev–Trinajstić information content (AvgIpc) is 2.80. The van der Waals surface area contributed by atoms with Crippen molar-refractivity contribution in [3.8, 4) is 0 Å². The van der Waals surface area contributed by atoms with Crippen LogP contribution < -0.4 is 5.32 Å². The summed E-state index contributed by atoms with van der Waals surface area (Å²) in [6, 6.07) is 5.49. The van der Waals surface area contributed by atoms with Gasteiger partial charge in [0.1, 0.15) is 0 Å². The molecule has 0 amide bonds. The molecule has 0 radical (unpaired) electrons. The fourth-order valence-corrected chi connectivity index (χ4v) is 4.80. The first-order chi connectivity index (χ1) is 8.63. The molecule has 2 nitrogen and oxygen atoms in total. The fraction of sp³-hybridized carbons (Fsp3) is 0.538. The highest BCUT2D eigenvalue weighted by atomic mass is 35.5. The molecule has 0 heterocycles. The Labute approximate surface area is 121 Å². The molecule has 3 atom stereocenters. The van der Waals surface area contributed by atoms with E-state index < -0.39 is 10.8 Å². The van der Waals surface area contributed by atoms with E-state index in [1.807, 2.05) is 0 Å². The Kier molecular flexibility index (Phi) is 5.07. The number of halogens is 2. The van der Waals surface area contributed by atoms with E-state index >= 15 is 0 Å². The molecule has 1 N–H and O–H groups in total. The highest BCUT2D eigenvalue weighted by molar-refractivity contribution is 7.86. The summed E-state index contributed by atoms with van der Waals surface area (Å²) in [5, 5.41) is 4.68. The van der Waals surface area contributed by atoms with E-state index in [-0.39, 0.29) is 5.25 Å². The van der Waals surface area contributed by atoms with E-state index in [0.29, 0.717) is 21.0 Å². The molecular weight excluding hydrogens is 289 g/mol. The summed E-state index contributed by atoms with van der Waals surface area (Å²) < 4.78 is 12.6. The van der Waals surface area contributed by atoms with E-state index in [0.717, 1.165) is 25.8 Å². The molecule has 2 rings (SSSR count). The molecule has 18 heavy (non-hydrogen) atoms. The average molecular weight is 306 g/mol. The second-order valence-electron chi connectivity index (χ2n) is 4.51. The Morgan fingerprint density at radius 1 is 1.39 bits per heavy atom.